The zero-order valence-electron chi connectivity index (χ0n) is 14.6. The highest BCUT2D eigenvalue weighted by atomic mass is 32.2. The summed E-state index contributed by atoms with van der Waals surface area (Å²) in [5.41, 5.74) is 2.95. The van der Waals surface area contributed by atoms with Crippen molar-refractivity contribution in [1.29, 1.82) is 0 Å². The van der Waals surface area contributed by atoms with Crippen molar-refractivity contribution < 1.29 is 14.4 Å². The van der Waals surface area contributed by atoms with Gasteiger partial charge in [0.1, 0.15) is 0 Å². The molecule has 0 aromatic heterocycles. The maximum atomic E-state index is 13.2. The molecule has 1 saturated heterocycles. The first-order valence-electron chi connectivity index (χ1n) is 8.22. The maximum absolute atomic E-state index is 13.2. The van der Waals surface area contributed by atoms with Crippen LogP contribution in [-0.2, 0) is 14.4 Å². The molecule has 134 valence electrons. The van der Waals surface area contributed by atoms with Crippen LogP contribution in [0.5, 0.6) is 0 Å². The molecular formula is C20H14N2O3S2. The van der Waals surface area contributed by atoms with Crippen LogP contribution in [0.25, 0.3) is 5.57 Å². The molecule has 3 amide bonds. The third kappa shape index (κ3) is 2.70. The van der Waals surface area contributed by atoms with Crippen LogP contribution < -0.4 is 9.80 Å². The molecule has 0 N–H and O–H groups in total. The monoisotopic (exact) mass is 394 g/mol. The fourth-order valence-corrected chi connectivity index (χ4v) is 4.63. The minimum absolute atomic E-state index is 0.230. The summed E-state index contributed by atoms with van der Waals surface area (Å²) < 4.78 is 0.361. The van der Waals surface area contributed by atoms with Gasteiger partial charge in [-0.3, -0.25) is 19.3 Å². The van der Waals surface area contributed by atoms with E-state index in [4.69, 9.17) is 12.2 Å². The molecule has 2 aromatic rings. The zero-order chi connectivity index (χ0) is 19.3. The predicted octanol–water partition coefficient (Wildman–Crippen LogP) is 3.66. The summed E-state index contributed by atoms with van der Waals surface area (Å²) in [7, 11) is 0. The van der Waals surface area contributed by atoms with E-state index in [1.54, 1.807) is 30.3 Å². The Bertz CT molecular complexity index is 1070. The Balaban J connectivity index is 1.87. The van der Waals surface area contributed by atoms with Crippen molar-refractivity contribution in [3.8, 4) is 0 Å². The minimum Gasteiger partial charge on any atom is -0.274 e. The molecule has 2 aliphatic heterocycles. The van der Waals surface area contributed by atoms with Crippen LogP contribution in [-0.4, -0.2) is 22.0 Å². The van der Waals surface area contributed by atoms with Gasteiger partial charge in [0.05, 0.1) is 21.9 Å². The van der Waals surface area contributed by atoms with Gasteiger partial charge < -0.3 is 0 Å². The second-order valence-corrected chi connectivity index (χ2v) is 7.87. The van der Waals surface area contributed by atoms with E-state index in [0.29, 0.717) is 21.3 Å². The summed E-state index contributed by atoms with van der Waals surface area (Å²) in [5, 5.41) is 0. The first kappa shape index (κ1) is 17.6. The van der Waals surface area contributed by atoms with E-state index in [1.165, 1.54) is 11.8 Å². The lowest BCUT2D eigenvalue weighted by atomic mass is 10.1. The molecule has 0 aliphatic carbocycles. The van der Waals surface area contributed by atoms with Gasteiger partial charge >= 0.3 is 0 Å². The summed E-state index contributed by atoms with van der Waals surface area (Å²) in [6.07, 6.45) is 0. The average molecular weight is 394 g/mol. The Morgan fingerprint density at radius 2 is 1.78 bits per heavy atom. The van der Waals surface area contributed by atoms with Crippen molar-refractivity contribution in [2.45, 2.75) is 13.8 Å². The van der Waals surface area contributed by atoms with E-state index in [2.05, 4.69) is 0 Å². The highest BCUT2D eigenvalue weighted by Gasteiger charge is 2.43. The van der Waals surface area contributed by atoms with Crippen LogP contribution in [0.4, 0.5) is 11.4 Å². The molecule has 5 nitrogen and oxygen atoms in total. The number of thiocarbonyl (C=S) groups is 1. The molecule has 4 rings (SSSR count). The van der Waals surface area contributed by atoms with Gasteiger partial charge in [0, 0.05) is 12.5 Å². The summed E-state index contributed by atoms with van der Waals surface area (Å²) in [4.78, 5) is 40.9. The van der Waals surface area contributed by atoms with Gasteiger partial charge in [-0.15, -0.1) is 0 Å². The lowest BCUT2D eigenvalue weighted by Gasteiger charge is -2.15. The number of rotatable bonds is 1. The van der Waals surface area contributed by atoms with Gasteiger partial charge in [-0.25, -0.2) is 4.90 Å². The van der Waals surface area contributed by atoms with Crippen LogP contribution in [0.15, 0.2) is 53.4 Å². The van der Waals surface area contributed by atoms with Gasteiger partial charge in [0.15, 0.2) is 4.32 Å². The molecule has 0 unspecified atom stereocenters. The third-order valence-electron chi connectivity index (χ3n) is 4.40. The summed E-state index contributed by atoms with van der Waals surface area (Å²) >= 11 is 6.51. The molecule has 1 fully saturated rings. The Labute approximate surface area is 165 Å². The van der Waals surface area contributed by atoms with Crippen molar-refractivity contribution in [2.24, 2.45) is 0 Å². The van der Waals surface area contributed by atoms with Crippen molar-refractivity contribution >= 4 is 63.0 Å². The molecule has 0 spiro atoms. The molecular weight excluding hydrogens is 380 g/mol. The summed E-state index contributed by atoms with van der Waals surface area (Å²) in [5.74, 6) is -1.23. The number of para-hydroxylation sites is 1. The first-order valence-corrected chi connectivity index (χ1v) is 9.44. The number of aryl methyl sites for hydroxylation is 1. The van der Waals surface area contributed by atoms with Crippen molar-refractivity contribution in [1.82, 2.24) is 0 Å². The number of amides is 3. The van der Waals surface area contributed by atoms with Crippen LogP contribution in [0.2, 0.25) is 0 Å². The number of benzene rings is 2. The molecule has 2 aliphatic rings. The fraction of sp³-hybridized carbons (Fsp3) is 0.100. The van der Waals surface area contributed by atoms with E-state index < -0.39 is 11.8 Å². The SMILES string of the molecule is CC(=O)N1C(=O)C(=C2SC(=S)N(c3cccc(C)c3)C2=O)c2ccccc21. The van der Waals surface area contributed by atoms with Crippen molar-refractivity contribution in [3.63, 3.8) is 0 Å². The highest BCUT2D eigenvalue weighted by molar-refractivity contribution is 8.27. The number of thioether (sulfide) groups is 1. The number of carbonyl (C=O) groups is 3. The Morgan fingerprint density at radius 3 is 2.48 bits per heavy atom. The maximum Gasteiger partial charge on any atom is 0.271 e. The molecule has 27 heavy (non-hydrogen) atoms. The topological polar surface area (TPSA) is 57.7 Å². The molecule has 2 heterocycles. The van der Waals surface area contributed by atoms with E-state index in [0.717, 1.165) is 22.2 Å². The molecule has 7 heteroatoms. The lowest BCUT2D eigenvalue weighted by molar-refractivity contribution is -0.122. The predicted molar refractivity (Wildman–Crippen MR) is 110 cm³/mol. The highest BCUT2D eigenvalue weighted by Crippen LogP contribution is 2.45. The third-order valence-corrected chi connectivity index (χ3v) is 5.77. The molecule has 0 bridgehead atoms. The van der Waals surface area contributed by atoms with E-state index >= 15 is 0 Å². The number of carbonyl (C=O) groups excluding carboxylic acids is 3. The fourth-order valence-electron chi connectivity index (χ4n) is 3.26. The first-order chi connectivity index (χ1) is 12.9. The van der Waals surface area contributed by atoms with Crippen LogP contribution in [0.3, 0.4) is 0 Å². The Hall–Kier alpha value is -2.77. The van der Waals surface area contributed by atoms with Crippen molar-refractivity contribution in [2.75, 3.05) is 9.80 Å². The summed E-state index contributed by atoms with van der Waals surface area (Å²) in [6, 6.07) is 14.4. The summed E-state index contributed by atoms with van der Waals surface area (Å²) in [6.45, 7) is 3.26. The van der Waals surface area contributed by atoms with Gasteiger partial charge in [-0.05, 0) is 30.7 Å². The number of imide groups is 1. The lowest BCUT2D eigenvalue weighted by Crippen LogP contribution is -2.32. The largest absolute Gasteiger partial charge is 0.274 e. The molecule has 0 saturated carbocycles. The van der Waals surface area contributed by atoms with Crippen LogP contribution >= 0.6 is 24.0 Å². The minimum atomic E-state index is -0.492. The second-order valence-electron chi connectivity index (χ2n) is 6.23. The van der Waals surface area contributed by atoms with Gasteiger partial charge in [-0.1, -0.05) is 54.3 Å². The van der Waals surface area contributed by atoms with Crippen molar-refractivity contribution in [3.05, 3.63) is 64.6 Å². The van der Waals surface area contributed by atoms with Crippen LogP contribution in [0, 0.1) is 6.92 Å². The van der Waals surface area contributed by atoms with E-state index in [-0.39, 0.29) is 16.4 Å². The number of nitrogens with zero attached hydrogens (tertiary/aromatic N) is 2. The van der Waals surface area contributed by atoms with Gasteiger partial charge in [0.2, 0.25) is 5.91 Å². The quantitative estimate of drug-likeness (QED) is 0.546. The smallest absolute Gasteiger partial charge is 0.271 e. The van der Waals surface area contributed by atoms with E-state index in [1.807, 2.05) is 25.1 Å². The number of hydrogen-bond acceptors (Lipinski definition) is 5. The average Bonchev–Trinajstić information content (AvgIpc) is 3.07. The molecule has 2 aromatic carbocycles. The van der Waals surface area contributed by atoms with E-state index in [9.17, 15) is 14.4 Å². The second kappa shape index (κ2) is 6.44. The van der Waals surface area contributed by atoms with Gasteiger partial charge in [0.25, 0.3) is 11.8 Å². The number of hydrogen-bond donors (Lipinski definition) is 0. The van der Waals surface area contributed by atoms with Gasteiger partial charge in [-0.2, -0.15) is 0 Å². The molecule has 0 radical (unpaired) electrons. The molecule has 0 atom stereocenters. The van der Waals surface area contributed by atoms with Crippen LogP contribution in [0.1, 0.15) is 18.1 Å². The Kier molecular flexibility index (Phi) is 4.20. The zero-order valence-corrected chi connectivity index (χ0v) is 16.2. The number of anilines is 2. The normalized spacial score (nSPS) is 19.1. The number of fused-ring (bicyclic) bond motifs is 1. The Morgan fingerprint density at radius 1 is 1.04 bits per heavy atom. The standard InChI is InChI=1S/C20H14N2O3S2/c1-11-6-5-7-13(10-11)22-19(25)17(27-20(22)26)16-14-8-3-4-9-15(14)21(12(2)23)18(16)24/h3-10H,1-2H3.